The van der Waals surface area contributed by atoms with Crippen LogP contribution in [0.4, 0.5) is 0 Å². The second-order valence-corrected chi connectivity index (χ2v) is 12.5. The Morgan fingerprint density at radius 2 is 1.53 bits per heavy atom. The molecule has 0 radical (unpaired) electrons. The third-order valence-electron chi connectivity index (χ3n) is 9.05. The van der Waals surface area contributed by atoms with Crippen molar-refractivity contribution in [3.05, 3.63) is 76.2 Å². The number of methoxy groups -OCH3 is 1. The number of amides is 3. The number of fused-ring (bicyclic) bond motifs is 2. The van der Waals surface area contributed by atoms with Gasteiger partial charge in [-0.2, -0.15) is 10.1 Å². The van der Waals surface area contributed by atoms with Crippen molar-refractivity contribution < 1.29 is 28.6 Å². The third kappa shape index (κ3) is 7.95. The molecule has 0 spiro atoms. The van der Waals surface area contributed by atoms with Gasteiger partial charge in [0.2, 0.25) is 23.1 Å². The maximum atomic E-state index is 13.6. The number of imidazole rings is 2. The molecule has 280 valence electrons. The number of hydrogen-bond acceptors (Lipinski definition) is 9. The molecule has 1 aliphatic rings. The number of aryl methyl sites for hydroxylation is 2. The zero-order valence-electron chi connectivity index (χ0n) is 30.3. The SMILES string of the molecule is CCn1nc(C)cc1C(=O)/N=c1/[nH]c2cc(C(N)=O)cc(OCCCN3CCOCC3)c2n1C/C=C/Cn1/c(=N\C)[nH]c2cc(C(N)=O)cc(OC)c21. The molecule has 53 heavy (non-hydrogen) atoms. The number of nitrogens with two attached hydrogens (primary N) is 2. The Kier molecular flexibility index (Phi) is 11.2. The van der Waals surface area contributed by atoms with E-state index in [0.29, 0.717) is 89.0 Å². The number of H-pyrrole nitrogens is 2. The Balaban J connectivity index is 1.38. The van der Waals surface area contributed by atoms with Crippen LogP contribution in [0.25, 0.3) is 22.1 Å². The number of aromatic amines is 2. The number of morpholine rings is 1. The Bertz CT molecular complexity index is 2330. The number of benzene rings is 2. The average Bonchev–Trinajstić information content (AvgIpc) is 3.83. The van der Waals surface area contributed by atoms with Crippen LogP contribution in [0.3, 0.4) is 0 Å². The van der Waals surface area contributed by atoms with E-state index in [1.54, 1.807) is 42.1 Å². The lowest BCUT2D eigenvalue weighted by Crippen LogP contribution is -2.37. The highest BCUT2D eigenvalue weighted by molar-refractivity contribution is 5.99. The zero-order valence-corrected chi connectivity index (χ0v) is 30.3. The fourth-order valence-electron chi connectivity index (χ4n) is 6.49. The summed E-state index contributed by atoms with van der Waals surface area (Å²) in [6.07, 6.45) is 4.62. The third-order valence-corrected chi connectivity index (χ3v) is 9.05. The van der Waals surface area contributed by atoms with E-state index < -0.39 is 17.7 Å². The number of nitrogens with zero attached hydrogens (tertiary/aromatic N) is 7. The molecular weight excluding hydrogens is 682 g/mol. The topological polar surface area (TPSA) is 218 Å². The second kappa shape index (κ2) is 16.2. The fourth-order valence-corrected chi connectivity index (χ4v) is 6.49. The van der Waals surface area contributed by atoms with Gasteiger partial charge >= 0.3 is 0 Å². The van der Waals surface area contributed by atoms with Crippen molar-refractivity contribution in [1.82, 2.24) is 33.8 Å². The predicted octanol–water partition coefficient (Wildman–Crippen LogP) is 1.61. The van der Waals surface area contributed by atoms with Gasteiger partial charge in [-0.15, -0.1) is 0 Å². The van der Waals surface area contributed by atoms with Crippen LogP contribution in [0.5, 0.6) is 11.5 Å². The highest BCUT2D eigenvalue weighted by Gasteiger charge is 2.19. The van der Waals surface area contributed by atoms with Gasteiger partial charge in [0, 0.05) is 57.4 Å². The number of nitrogens with one attached hydrogen (secondary N) is 2. The van der Waals surface area contributed by atoms with Gasteiger partial charge in [-0.05, 0) is 50.6 Å². The second-order valence-electron chi connectivity index (χ2n) is 12.5. The first kappa shape index (κ1) is 36.8. The molecule has 0 aliphatic carbocycles. The van der Waals surface area contributed by atoms with Crippen LogP contribution in [0.1, 0.15) is 50.2 Å². The molecule has 0 saturated carbocycles. The van der Waals surface area contributed by atoms with Gasteiger partial charge in [0.25, 0.3) is 5.91 Å². The van der Waals surface area contributed by atoms with Crippen LogP contribution in [-0.4, -0.2) is 105 Å². The molecule has 2 aromatic carbocycles. The largest absolute Gasteiger partial charge is 0.494 e. The summed E-state index contributed by atoms with van der Waals surface area (Å²) in [5, 5.41) is 4.41. The smallest absolute Gasteiger partial charge is 0.298 e. The number of allylic oxidation sites excluding steroid dienone is 2. The molecule has 6 rings (SSSR count). The number of carbonyl (C=O) groups is 3. The molecule has 1 saturated heterocycles. The van der Waals surface area contributed by atoms with Crippen LogP contribution >= 0.6 is 0 Å². The van der Waals surface area contributed by atoms with E-state index in [1.807, 2.05) is 35.1 Å². The van der Waals surface area contributed by atoms with Crippen LogP contribution in [0, 0.1) is 6.92 Å². The lowest BCUT2D eigenvalue weighted by molar-refractivity contribution is 0.0358. The first-order valence-electron chi connectivity index (χ1n) is 17.4. The lowest BCUT2D eigenvalue weighted by atomic mass is 10.1. The first-order chi connectivity index (χ1) is 25.6. The van der Waals surface area contributed by atoms with Crippen molar-refractivity contribution in [1.29, 1.82) is 0 Å². The van der Waals surface area contributed by atoms with Gasteiger partial charge < -0.3 is 44.8 Å². The quantitative estimate of drug-likeness (QED) is 0.0971. The number of hydrogen-bond donors (Lipinski definition) is 4. The van der Waals surface area contributed by atoms with Gasteiger partial charge in [-0.25, -0.2) is 0 Å². The summed E-state index contributed by atoms with van der Waals surface area (Å²) < 4.78 is 22.8. The van der Waals surface area contributed by atoms with Crippen molar-refractivity contribution in [2.24, 2.45) is 21.5 Å². The van der Waals surface area contributed by atoms with Crippen LogP contribution < -0.4 is 32.2 Å². The summed E-state index contributed by atoms with van der Waals surface area (Å²) in [4.78, 5) is 55.7. The summed E-state index contributed by atoms with van der Waals surface area (Å²) in [7, 11) is 3.18. The lowest BCUT2D eigenvalue weighted by Gasteiger charge is -2.26. The minimum atomic E-state index is -0.616. The van der Waals surface area contributed by atoms with Crippen molar-refractivity contribution in [3.63, 3.8) is 0 Å². The summed E-state index contributed by atoms with van der Waals surface area (Å²) in [5.74, 6) is -0.780. The number of ether oxygens (including phenoxy) is 3. The van der Waals surface area contributed by atoms with E-state index in [9.17, 15) is 14.4 Å². The molecule has 17 heteroatoms. The molecule has 0 atom stereocenters. The van der Waals surface area contributed by atoms with Gasteiger partial charge in [0.05, 0.1) is 43.7 Å². The number of rotatable bonds is 14. The number of primary amides is 2. The summed E-state index contributed by atoms with van der Waals surface area (Å²) in [6.45, 7) is 9.23. The van der Waals surface area contributed by atoms with Crippen molar-refractivity contribution in [3.8, 4) is 11.5 Å². The average molecular weight is 728 g/mol. The molecule has 1 aliphatic heterocycles. The molecule has 3 aromatic heterocycles. The van der Waals surface area contributed by atoms with Gasteiger partial charge in [-0.3, -0.25) is 29.0 Å². The van der Waals surface area contributed by atoms with Crippen LogP contribution in [-0.2, 0) is 24.4 Å². The minimum absolute atomic E-state index is 0.251. The Hall–Kier alpha value is -5.94. The summed E-state index contributed by atoms with van der Waals surface area (Å²) in [6, 6.07) is 8.21. The molecule has 6 N–H and O–H groups in total. The van der Waals surface area contributed by atoms with Gasteiger partial charge in [0.15, 0.2) is 0 Å². The van der Waals surface area contributed by atoms with Crippen LogP contribution in [0.2, 0.25) is 0 Å². The Morgan fingerprint density at radius 3 is 2.13 bits per heavy atom. The van der Waals surface area contributed by atoms with E-state index >= 15 is 0 Å². The molecule has 1 fully saturated rings. The number of aromatic nitrogens is 6. The standard InChI is InChI=1S/C36H45N11O6/c1-5-47-27(17-22(2)43-47)34(50)42-36-41-26-19-24(33(38)49)21-29(53-14-8-9-44-12-15-52-16-13-44)31(26)46(36)11-7-6-10-45-30-25(40-35(45)39-3)18-23(32(37)48)20-28(30)51-4/h6-7,17-21H,5,8-16H2,1-4H3,(H2,37,48)(H2,38,49)(H,39,40)(H,41,42,50)/b7-6+. The fraction of sp³-hybridized carbons (Fsp3) is 0.389. The van der Waals surface area contributed by atoms with E-state index in [4.69, 9.17) is 25.7 Å². The van der Waals surface area contributed by atoms with Crippen molar-refractivity contribution in [2.75, 3.05) is 53.6 Å². The summed E-state index contributed by atoms with van der Waals surface area (Å²) >= 11 is 0. The number of carbonyl (C=O) groups excluding carboxylic acids is 3. The molecule has 0 bridgehead atoms. The van der Waals surface area contributed by atoms with E-state index in [1.165, 1.54) is 7.11 Å². The molecule has 3 amide bonds. The predicted molar refractivity (Wildman–Crippen MR) is 197 cm³/mol. The first-order valence-corrected chi connectivity index (χ1v) is 17.4. The van der Waals surface area contributed by atoms with Gasteiger partial charge in [-0.1, -0.05) is 12.2 Å². The molecule has 4 heterocycles. The summed E-state index contributed by atoms with van der Waals surface area (Å²) in [5.41, 5.74) is 16.2. The molecule has 5 aromatic rings. The maximum absolute atomic E-state index is 13.6. The molecular formula is C36H45N11O6. The Morgan fingerprint density at radius 1 is 0.925 bits per heavy atom. The monoisotopic (exact) mass is 727 g/mol. The van der Waals surface area contributed by atoms with Crippen molar-refractivity contribution >= 4 is 39.8 Å². The van der Waals surface area contributed by atoms with E-state index in [-0.39, 0.29) is 17.7 Å². The highest BCUT2D eigenvalue weighted by Crippen LogP contribution is 2.28. The van der Waals surface area contributed by atoms with Gasteiger partial charge in [0.1, 0.15) is 28.2 Å². The van der Waals surface area contributed by atoms with E-state index in [2.05, 4.69) is 30.0 Å². The highest BCUT2D eigenvalue weighted by atomic mass is 16.5. The Labute approximate surface area is 304 Å². The maximum Gasteiger partial charge on any atom is 0.298 e. The normalized spacial score (nSPS) is 14.6. The molecule has 17 nitrogen and oxygen atoms in total. The minimum Gasteiger partial charge on any atom is -0.494 e. The van der Waals surface area contributed by atoms with Crippen LogP contribution in [0.15, 0.2) is 52.5 Å². The van der Waals surface area contributed by atoms with E-state index in [0.717, 1.165) is 26.1 Å². The zero-order chi connectivity index (χ0) is 37.6. The molecule has 0 unspecified atom stereocenters. The van der Waals surface area contributed by atoms with Crippen molar-refractivity contribution in [2.45, 2.75) is 39.9 Å².